The van der Waals surface area contributed by atoms with E-state index in [-0.39, 0.29) is 0 Å². The minimum absolute atomic E-state index is 0.600. The molecule has 0 spiro atoms. The highest BCUT2D eigenvalue weighted by Crippen LogP contribution is 2.20. The van der Waals surface area contributed by atoms with Crippen molar-refractivity contribution in [1.82, 2.24) is 15.2 Å². The molecule has 0 radical (unpaired) electrons. The highest BCUT2D eigenvalue weighted by molar-refractivity contribution is 7.11. The molecular formula is C13H25N3OS. The van der Waals surface area contributed by atoms with Crippen LogP contribution in [-0.4, -0.2) is 37.6 Å². The summed E-state index contributed by atoms with van der Waals surface area (Å²) < 4.78 is 5.22. The fourth-order valence-corrected chi connectivity index (χ4v) is 2.80. The quantitative estimate of drug-likeness (QED) is 0.785. The van der Waals surface area contributed by atoms with E-state index in [4.69, 9.17) is 4.74 Å². The minimum Gasteiger partial charge on any atom is -0.378 e. The van der Waals surface area contributed by atoms with Gasteiger partial charge in [-0.2, -0.15) is 0 Å². The SMILES string of the molecule is COCc1nc(CN(C)C)sc1CNCC(C)C. The van der Waals surface area contributed by atoms with Crippen molar-refractivity contribution in [2.24, 2.45) is 5.92 Å². The Kier molecular flexibility index (Phi) is 6.78. The van der Waals surface area contributed by atoms with Crippen molar-refractivity contribution < 1.29 is 4.74 Å². The molecule has 1 aromatic rings. The van der Waals surface area contributed by atoms with Crippen LogP contribution in [0.25, 0.3) is 0 Å². The summed E-state index contributed by atoms with van der Waals surface area (Å²) in [6.45, 7) is 7.85. The summed E-state index contributed by atoms with van der Waals surface area (Å²) in [5.41, 5.74) is 1.08. The Balaban J connectivity index is 2.64. The molecule has 0 saturated carbocycles. The molecular weight excluding hydrogens is 246 g/mol. The molecule has 0 unspecified atom stereocenters. The van der Waals surface area contributed by atoms with E-state index in [9.17, 15) is 0 Å². The average Bonchev–Trinajstić information content (AvgIpc) is 2.59. The Labute approximate surface area is 114 Å². The molecule has 0 fully saturated rings. The van der Waals surface area contributed by atoms with Gasteiger partial charge in [0.25, 0.3) is 0 Å². The Hall–Kier alpha value is -0.490. The lowest BCUT2D eigenvalue weighted by Gasteiger charge is -2.06. The molecule has 0 amide bonds. The number of ether oxygens (including phenoxy) is 1. The van der Waals surface area contributed by atoms with Crippen LogP contribution >= 0.6 is 11.3 Å². The van der Waals surface area contributed by atoms with Crippen molar-refractivity contribution in [1.29, 1.82) is 0 Å². The Morgan fingerprint density at radius 2 is 2.11 bits per heavy atom. The van der Waals surface area contributed by atoms with Gasteiger partial charge in [0.15, 0.2) is 0 Å². The summed E-state index contributed by atoms with van der Waals surface area (Å²) in [4.78, 5) is 8.09. The second-order valence-corrected chi connectivity index (χ2v) is 6.34. The zero-order valence-electron chi connectivity index (χ0n) is 12.1. The number of hydrogen-bond acceptors (Lipinski definition) is 5. The lowest BCUT2D eigenvalue weighted by Crippen LogP contribution is -2.19. The minimum atomic E-state index is 0.600. The van der Waals surface area contributed by atoms with Crippen LogP contribution in [0.15, 0.2) is 0 Å². The first kappa shape index (κ1) is 15.6. The molecule has 1 aromatic heterocycles. The zero-order chi connectivity index (χ0) is 13.5. The topological polar surface area (TPSA) is 37.4 Å². The Morgan fingerprint density at radius 3 is 2.67 bits per heavy atom. The molecule has 5 heteroatoms. The van der Waals surface area contributed by atoms with Gasteiger partial charge in [-0.15, -0.1) is 11.3 Å². The summed E-state index contributed by atoms with van der Waals surface area (Å²) in [7, 11) is 5.85. The van der Waals surface area contributed by atoms with E-state index in [0.717, 1.165) is 30.3 Å². The molecule has 0 aliphatic rings. The van der Waals surface area contributed by atoms with Gasteiger partial charge in [0.2, 0.25) is 0 Å². The second kappa shape index (κ2) is 7.84. The molecule has 0 atom stereocenters. The first-order chi connectivity index (χ1) is 8.52. The van der Waals surface area contributed by atoms with E-state index in [1.54, 1.807) is 18.4 Å². The lowest BCUT2D eigenvalue weighted by molar-refractivity contribution is 0.181. The third-order valence-electron chi connectivity index (χ3n) is 2.39. The predicted octanol–water partition coefficient (Wildman–Crippen LogP) is 2.10. The monoisotopic (exact) mass is 271 g/mol. The van der Waals surface area contributed by atoms with Gasteiger partial charge in [-0.1, -0.05) is 13.8 Å². The molecule has 0 aromatic carbocycles. The summed E-state index contributed by atoms with van der Waals surface area (Å²) in [6.07, 6.45) is 0. The molecule has 0 aliphatic carbocycles. The van der Waals surface area contributed by atoms with Gasteiger partial charge in [0.1, 0.15) is 5.01 Å². The highest BCUT2D eigenvalue weighted by Gasteiger charge is 2.11. The van der Waals surface area contributed by atoms with E-state index < -0.39 is 0 Å². The molecule has 1 heterocycles. The highest BCUT2D eigenvalue weighted by atomic mass is 32.1. The van der Waals surface area contributed by atoms with E-state index in [1.807, 2.05) is 0 Å². The first-order valence-corrected chi connectivity index (χ1v) is 7.16. The molecule has 0 aliphatic heterocycles. The van der Waals surface area contributed by atoms with Crippen molar-refractivity contribution in [2.75, 3.05) is 27.7 Å². The molecule has 18 heavy (non-hydrogen) atoms. The number of aromatic nitrogens is 1. The van der Waals surface area contributed by atoms with Crippen LogP contribution in [0.5, 0.6) is 0 Å². The van der Waals surface area contributed by atoms with Gasteiger partial charge in [-0.3, -0.25) is 0 Å². The second-order valence-electron chi connectivity index (χ2n) is 5.17. The van der Waals surface area contributed by atoms with Crippen LogP contribution in [0, 0.1) is 5.92 Å². The third kappa shape index (κ3) is 5.44. The van der Waals surface area contributed by atoms with Crippen molar-refractivity contribution in [3.05, 3.63) is 15.6 Å². The summed E-state index contributed by atoms with van der Waals surface area (Å²) >= 11 is 1.78. The van der Waals surface area contributed by atoms with Crippen LogP contribution in [0.1, 0.15) is 29.4 Å². The fraction of sp³-hybridized carbons (Fsp3) is 0.769. The third-order valence-corrected chi connectivity index (χ3v) is 3.48. The molecule has 0 saturated heterocycles. The summed E-state index contributed by atoms with van der Waals surface area (Å²) in [5.74, 6) is 0.671. The van der Waals surface area contributed by atoms with Gasteiger partial charge < -0.3 is 15.0 Å². The van der Waals surface area contributed by atoms with Gasteiger partial charge in [-0.25, -0.2) is 4.98 Å². The van der Waals surface area contributed by atoms with Crippen molar-refractivity contribution in [2.45, 2.75) is 33.5 Å². The van der Waals surface area contributed by atoms with Crippen LogP contribution in [0.4, 0.5) is 0 Å². The van der Waals surface area contributed by atoms with Gasteiger partial charge >= 0.3 is 0 Å². The average molecular weight is 271 g/mol. The van der Waals surface area contributed by atoms with Crippen LogP contribution < -0.4 is 5.32 Å². The molecule has 4 nitrogen and oxygen atoms in total. The van der Waals surface area contributed by atoms with Gasteiger partial charge in [0, 0.05) is 25.1 Å². The predicted molar refractivity (Wildman–Crippen MR) is 76.8 cm³/mol. The molecule has 0 bridgehead atoms. The smallest absolute Gasteiger partial charge is 0.107 e. The Morgan fingerprint density at radius 1 is 1.39 bits per heavy atom. The van der Waals surface area contributed by atoms with Crippen LogP contribution in [0.2, 0.25) is 0 Å². The molecule has 1 N–H and O–H groups in total. The van der Waals surface area contributed by atoms with Crippen molar-refractivity contribution >= 4 is 11.3 Å². The van der Waals surface area contributed by atoms with Crippen molar-refractivity contribution in [3.63, 3.8) is 0 Å². The zero-order valence-corrected chi connectivity index (χ0v) is 12.9. The maximum Gasteiger partial charge on any atom is 0.107 e. The molecule has 104 valence electrons. The lowest BCUT2D eigenvalue weighted by atomic mass is 10.2. The largest absolute Gasteiger partial charge is 0.378 e. The number of nitrogens with zero attached hydrogens (tertiary/aromatic N) is 2. The number of thiazole rings is 1. The number of methoxy groups -OCH3 is 1. The van der Waals surface area contributed by atoms with E-state index >= 15 is 0 Å². The van der Waals surface area contributed by atoms with Crippen LogP contribution in [-0.2, 0) is 24.4 Å². The van der Waals surface area contributed by atoms with Gasteiger partial charge in [0.05, 0.1) is 12.3 Å². The summed E-state index contributed by atoms with van der Waals surface area (Å²) in [5, 5.41) is 4.63. The van der Waals surface area contributed by atoms with Gasteiger partial charge in [-0.05, 0) is 26.6 Å². The number of rotatable bonds is 8. The molecule has 1 rings (SSSR count). The maximum absolute atomic E-state index is 5.22. The van der Waals surface area contributed by atoms with Crippen molar-refractivity contribution in [3.8, 4) is 0 Å². The van der Waals surface area contributed by atoms with E-state index in [1.165, 1.54) is 4.88 Å². The standard InChI is InChI=1S/C13H25N3OS/c1-10(2)6-14-7-12-11(9-17-5)15-13(18-12)8-16(3)4/h10,14H,6-9H2,1-5H3. The normalized spacial score (nSPS) is 11.7. The number of nitrogens with one attached hydrogen (secondary N) is 1. The van der Waals surface area contributed by atoms with Crippen LogP contribution in [0.3, 0.4) is 0 Å². The fourth-order valence-electron chi connectivity index (χ4n) is 1.64. The van der Waals surface area contributed by atoms with E-state index in [0.29, 0.717) is 12.5 Å². The summed E-state index contributed by atoms with van der Waals surface area (Å²) in [6, 6.07) is 0. The maximum atomic E-state index is 5.22. The Bertz CT molecular complexity index is 350. The first-order valence-electron chi connectivity index (χ1n) is 6.34. The number of hydrogen-bond donors (Lipinski definition) is 1. The van der Waals surface area contributed by atoms with E-state index in [2.05, 4.69) is 43.1 Å².